The molecular weight excluding hydrogens is 272 g/mol. The van der Waals surface area contributed by atoms with Gasteiger partial charge in [-0.05, 0) is 63.3 Å². The first kappa shape index (κ1) is 15.5. The summed E-state index contributed by atoms with van der Waals surface area (Å²) in [5.41, 5.74) is 1.96. The van der Waals surface area contributed by atoms with Gasteiger partial charge < -0.3 is 9.84 Å². The summed E-state index contributed by atoms with van der Waals surface area (Å²) < 4.78 is 6.31. The summed E-state index contributed by atoms with van der Waals surface area (Å²) >= 11 is 0. The van der Waals surface area contributed by atoms with Crippen molar-refractivity contribution in [1.29, 1.82) is 0 Å². The van der Waals surface area contributed by atoms with E-state index in [1.165, 1.54) is 18.4 Å². The Morgan fingerprint density at radius 1 is 1.32 bits per heavy atom. The minimum absolute atomic E-state index is 0.190. The second-order valence-corrected chi connectivity index (χ2v) is 7.23. The minimum atomic E-state index is -0.190. The molecule has 2 nitrogen and oxygen atoms in total. The normalized spacial score (nSPS) is 25.2. The van der Waals surface area contributed by atoms with Gasteiger partial charge in [0.05, 0.1) is 0 Å². The summed E-state index contributed by atoms with van der Waals surface area (Å²) in [7, 11) is 0. The average Bonchev–Trinajstić information content (AvgIpc) is 2.46. The largest absolute Gasteiger partial charge is 0.507 e. The number of aryl methyl sites for hydroxylation is 1. The summed E-state index contributed by atoms with van der Waals surface area (Å²) in [6, 6.07) is 4.08. The van der Waals surface area contributed by atoms with Crippen molar-refractivity contribution < 1.29 is 9.84 Å². The average molecular weight is 299 g/mol. The Balaban J connectivity index is 1.96. The van der Waals surface area contributed by atoms with Crippen molar-refractivity contribution in [3.8, 4) is 11.5 Å². The van der Waals surface area contributed by atoms with Crippen molar-refractivity contribution in [2.45, 2.75) is 70.8 Å². The Kier molecular flexibility index (Phi) is 4.20. The van der Waals surface area contributed by atoms with Crippen molar-refractivity contribution in [2.24, 2.45) is 5.92 Å². The number of ether oxygens (including phenoxy) is 1. The molecule has 1 aliphatic carbocycles. The lowest BCUT2D eigenvalue weighted by Gasteiger charge is -2.45. The molecule has 2 unspecified atom stereocenters. The maximum Gasteiger partial charge on any atom is 0.127 e. The van der Waals surface area contributed by atoms with E-state index in [-0.39, 0.29) is 11.5 Å². The molecule has 0 spiro atoms. The Morgan fingerprint density at radius 3 is 2.91 bits per heavy atom. The number of fused-ring (bicyclic) bond motifs is 3. The third-order valence-corrected chi connectivity index (χ3v) is 5.18. The highest BCUT2D eigenvalue weighted by molar-refractivity contribution is 5.53. The smallest absolute Gasteiger partial charge is 0.127 e. The Bertz CT molecular complexity index is 571. The predicted octanol–water partition coefficient (Wildman–Crippen LogP) is 5.15. The lowest BCUT2D eigenvalue weighted by Crippen LogP contribution is -2.44. The van der Waals surface area contributed by atoms with Gasteiger partial charge in [0.1, 0.15) is 17.1 Å². The highest BCUT2D eigenvalue weighted by atomic mass is 16.5. The molecule has 22 heavy (non-hydrogen) atoms. The van der Waals surface area contributed by atoms with E-state index in [2.05, 4.69) is 39.0 Å². The monoisotopic (exact) mass is 299 g/mol. The first-order valence-electron chi connectivity index (χ1n) is 8.64. The molecule has 3 rings (SSSR count). The van der Waals surface area contributed by atoms with E-state index in [1.807, 2.05) is 6.07 Å². The standard InChI is InChI=1S/C20H27O2/c1-4-5-6-9-14-12-17(21)19-15-10-7-8-11-16(15)20(2,3)22-18(19)13-14/h10,12-13,15-16,21H,4-6,8-9,11H2,1-3H3. The molecule has 2 aliphatic rings. The molecule has 1 radical (unpaired) electrons. The molecule has 0 fully saturated rings. The zero-order valence-corrected chi connectivity index (χ0v) is 14.0. The Morgan fingerprint density at radius 2 is 2.14 bits per heavy atom. The van der Waals surface area contributed by atoms with Crippen molar-refractivity contribution in [3.05, 3.63) is 35.4 Å². The predicted molar refractivity (Wildman–Crippen MR) is 89.3 cm³/mol. The number of benzene rings is 1. The lowest BCUT2D eigenvalue weighted by molar-refractivity contribution is 0.0110. The van der Waals surface area contributed by atoms with Crippen LogP contribution >= 0.6 is 0 Å². The SMILES string of the molecule is CCCCCc1cc(O)c2c(c1)OC(C)(C)C1CC[C]=CC21. The summed E-state index contributed by atoms with van der Waals surface area (Å²) in [6.07, 6.45) is 12.2. The van der Waals surface area contributed by atoms with Crippen LogP contribution in [0, 0.1) is 12.0 Å². The number of unbranched alkanes of at least 4 members (excludes halogenated alkanes) is 2. The fourth-order valence-electron chi connectivity index (χ4n) is 3.98. The van der Waals surface area contributed by atoms with E-state index in [4.69, 9.17) is 4.74 Å². The molecule has 1 heterocycles. The molecule has 0 aromatic heterocycles. The van der Waals surface area contributed by atoms with Gasteiger partial charge in [0, 0.05) is 17.4 Å². The summed E-state index contributed by atoms with van der Waals surface area (Å²) in [5.74, 6) is 1.92. The molecule has 1 aromatic rings. The number of phenolic OH excluding ortho intramolecular Hbond substituents is 1. The van der Waals surface area contributed by atoms with Crippen LogP contribution in [0.1, 0.15) is 69.9 Å². The van der Waals surface area contributed by atoms with Crippen LogP contribution in [-0.4, -0.2) is 10.7 Å². The molecule has 2 heteroatoms. The van der Waals surface area contributed by atoms with Gasteiger partial charge in [-0.15, -0.1) is 0 Å². The molecular formula is C20H27O2. The van der Waals surface area contributed by atoms with Crippen LogP contribution in [0.25, 0.3) is 0 Å². The van der Waals surface area contributed by atoms with Crippen molar-refractivity contribution >= 4 is 0 Å². The van der Waals surface area contributed by atoms with Crippen LogP contribution in [0.4, 0.5) is 0 Å². The third kappa shape index (κ3) is 2.76. The number of phenols is 1. The third-order valence-electron chi connectivity index (χ3n) is 5.18. The van der Waals surface area contributed by atoms with Crippen LogP contribution in [0.15, 0.2) is 18.2 Å². The van der Waals surface area contributed by atoms with E-state index in [9.17, 15) is 5.11 Å². The van der Waals surface area contributed by atoms with Crippen LogP contribution in [0.3, 0.4) is 0 Å². The number of aromatic hydroxyl groups is 1. The maximum absolute atomic E-state index is 10.6. The first-order valence-corrected chi connectivity index (χ1v) is 8.64. The minimum Gasteiger partial charge on any atom is -0.507 e. The number of allylic oxidation sites excluding steroid dienone is 2. The summed E-state index contributed by atoms with van der Waals surface area (Å²) in [5, 5.41) is 10.6. The van der Waals surface area contributed by atoms with Gasteiger partial charge in [0.2, 0.25) is 0 Å². The van der Waals surface area contributed by atoms with Crippen molar-refractivity contribution in [3.63, 3.8) is 0 Å². The number of hydrogen-bond acceptors (Lipinski definition) is 2. The van der Waals surface area contributed by atoms with Gasteiger partial charge in [0.25, 0.3) is 0 Å². The van der Waals surface area contributed by atoms with E-state index in [0.29, 0.717) is 11.7 Å². The van der Waals surface area contributed by atoms with Crippen LogP contribution in [0.2, 0.25) is 0 Å². The first-order chi connectivity index (χ1) is 10.5. The topological polar surface area (TPSA) is 29.5 Å². The summed E-state index contributed by atoms with van der Waals surface area (Å²) in [6.45, 7) is 6.56. The van der Waals surface area contributed by atoms with Gasteiger partial charge in [0.15, 0.2) is 0 Å². The fraction of sp³-hybridized carbons (Fsp3) is 0.600. The van der Waals surface area contributed by atoms with Gasteiger partial charge in [-0.1, -0.05) is 25.8 Å². The highest BCUT2D eigenvalue weighted by Gasteiger charge is 2.44. The van der Waals surface area contributed by atoms with Gasteiger partial charge in [-0.2, -0.15) is 0 Å². The molecule has 1 N–H and O–H groups in total. The highest BCUT2D eigenvalue weighted by Crippen LogP contribution is 2.52. The van der Waals surface area contributed by atoms with Gasteiger partial charge in [-0.3, -0.25) is 0 Å². The Hall–Kier alpha value is -1.44. The Labute approximate surface area is 134 Å². The van der Waals surface area contributed by atoms with E-state index < -0.39 is 0 Å². The molecule has 0 saturated carbocycles. The van der Waals surface area contributed by atoms with Crippen molar-refractivity contribution in [2.75, 3.05) is 0 Å². The molecule has 119 valence electrons. The molecule has 0 saturated heterocycles. The van der Waals surface area contributed by atoms with Crippen LogP contribution in [0.5, 0.6) is 11.5 Å². The zero-order chi connectivity index (χ0) is 15.7. The lowest BCUT2D eigenvalue weighted by atomic mass is 9.69. The van der Waals surface area contributed by atoms with Crippen LogP contribution < -0.4 is 4.74 Å². The van der Waals surface area contributed by atoms with E-state index in [1.54, 1.807) is 0 Å². The summed E-state index contributed by atoms with van der Waals surface area (Å²) in [4.78, 5) is 0. The van der Waals surface area contributed by atoms with Crippen molar-refractivity contribution in [1.82, 2.24) is 0 Å². The van der Waals surface area contributed by atoms with Crippen LogP contribution in [-0.2, 0) is 6.42 Å². The zero-order valence-electron chi connectivity index (χ0n) is 14.0. The van der Waals surface area contributed by atoms with Gasteiger partial charge in [-0.25, -0.2) is 0 Å². The fourth-order valence-corrected chi connectivity index (χ4v) is 3.98. The molecule has 0 amide bonds. The second-order valence-electron chi connectivity index (χ2n) is 7.23. The van der Waals surface area contributed by atoms with E-state index in [0.717, 1.165) is 37.0 Å². The maximum atomic E-state index is 10.6. The van der Waals surface area contributed by atoms with Gasteiger partial charge >= 0.3 is 0 Å². The molecule has 0 bridgehead atoms. The molecule has 2 atom stereocenters. The molecule has 1 aliphatic heterocycles. The number of rotatable bonds is 4. The van der Waals surface area contributed by atoms with E-state index >= 15 is 0 Å². The second kappa shape index (κ2) is 5.98. The molecule has 1 aromatic carbocycles. The number of hydrogen-bond donors (Lipinski definition) is 1. The quantitative estimate of drug-likeness (QED) is 0.779.